The van der Waals surface area contributed by atoms with Gasteiger partial charge in [0.2, 0.25) is 0 Å². The summed E-state index contributed by atoms with van der Waals surface area (Å²) in [4.78, 5) is 17.5. The maximum atomic E-state index is 12.9. The summed E-state index contributed by atoms with van der Waals surface area (Å²) >= 11 is 0. The van der Waals surface area contributed by atoms with E-state index in [4.69, 9.17) is 4.74 Å². The number of anilines is 1. The van der Waals surface area contributed by atoms with E-state index >= 15 is 0 Å². The number of halogens is 1. The van der Waals surface area contributed by atoms with Crippen LogP contribution >= 0.6 is 0 Å². The van der Waals surface area contributed by atoms with E-state index in [0.717, 1.165) is 0 Å². The van der Waals surface area contributed by atoms with Crippen molar-refractivity contribution in [3.8, 4) is 0 Å². The molecule has 0 aromatic heterocycles. The molecule has 1 aromatic carbocycles. The van der Waals surface area contributed by atoms with Crippen LogP contribution in [0.25, 0.3) is 0 Å². The Kier molecular flexibility index (Phi) is 2.49. The lowest BCUT2D eigenvalue weighted by molar-refractivity contribution is 0.0108. The summed E-state index contributed by atoms with van der Waals surface area (Å²) < 4.78 is 18.1. The first-order valence-electron chi connectivity index (χ1n) is 5.59. The summed E-state index contributed by atoms with van der Waals surface area (Å²) in [5, 5.41) is 5.54. The molecule has 1 unspecified atom stereocenters. The molecule has 0 radical (unpaired) electrons. The van der Waals surface area contributed by atoms with Gasteiger partial charge in [-0.25, -0.2) is 14.2 Å². The SMILES string of the molecule is COC12N=CNC1=CN(c1ccc(F)cc1)C(=O)N2. The first kappa shape index (κ1) is 11.7. The molecule has 98 valence electrons. The van der Waals surface area contributed by atoms with E-state index in [0.29, 0.717) is 11.4 Å². The third-order valence-corrected chi connectivity index (χ3v) is 2.99. The normalized spacial score (nSPS) is 24.6. The maximum Gasteiger partial charge on any atom is 0.330 e. The van der Waals surface area contributed by atoms with Gasteiger partial charge in [0.15, 0.2) is 0 Å². The van der Waals surface area contributed by atoms with Gasteiger partial charge in [0.25, 0.3) is 5.85 Å². The highest BCUT2D eigenvalue weighted by Crippen LogP contribution is 2.28. The van der Waals surface area contributed by atoms with Crippen LogP contribution in [0.4, 0.5) is 14.9 Å². The molecule has 1 atom stereocenters. The van der Waals surface area contributed by atoms with Crippen molar-refractivity contribution in [1.82, 2.24) is 10.6 Å². The van der Waals surface area contributed by atoms with Crippen LogP contribution in [0.15, 0.2) is 41.2 Å². The number of rotatable bonds is 2. The number of benzene rings is 1. The minimum Gasteiger partial charge on any atom is -0.343 e. The van der Waals surface area contributed by atoms with Gasteiger partial charge in [0.1, 0.15) is 11.5 Å². The Bertz CT molecular complexity index is 584. The van der Waals surface area contributed by atoms with Crippen molar-refractivity contribution >= 4 is 18.1 Å². The second-order valence-corrected chi connectivity index (χ2v) is 4.07. The lowest BCUT2D eigenvalue weighted by Gasteiger charge is -2.34. The Morgan fingerprint density at radius 1 is 1.37 bits per heavy atom. The number of nitrogens with one attached hydrogen (secondary N) is 2. The van der Waals surface area contributed by atoms with Crippen LogP contribution in [0.3, 0.4) is 0 Å². The molecule has 2 amide bonds. The molecule has 0 aliphatic carbocycles. The van der Waals surface area contributed by atoms with Crippen LogP contribution in [-0.4, -0.2) is 25.3 Å². The smallest absolute Gasteiger partial charge is 0.330 e. The van der Waals surface area contributed by atoms with Gasteiger partial charge in [-0.1, -0.05) is 0 Å². The molecule has 0 spiro atoms. The van der Waals surface area contributed by atoms with E-state index in [1.807, 2.05) is 0 Å². The summed E-state index contributed by atoms with van der Waals surface area (Å²) in [6.07, 6.45) is 3.02. The quantitative estimate of drug-likeness (QED) is 0.839. The summed E-state index contributed by atoms with van der Waals surface area (Å²) in [5.41, 5.74) is 1.13. The summed E-state index contributed by atoms with van der Waals surface area (Å²) in [7, 11) is 1.45. The fourth-order valence-corrected chi connectivity index (χ4v) is 1.98. The molecule has 6 nitrogen and oxygen atoms in total. The molecule has 2 N–H and O–H groups in total. The number of nitrogens with zero attached hydrogens (tertiary/aromatic N) is 2. The largest absolute Gasteiger partial charge is 0.343 e. The predicted octanol–water partition coefficient (Wildman–Crippen LogP) is 1.13. The van der Waals surface area contributed by atoms with Crippen LogP contribution in [0.1, 0.15) is 0 Å². The predicted molar refractivity (Wildman–Crippen MR) is 66.9 cm³/mol. The number of carbonyl (C=O) groups excluding carboxylic acids is 1. The Morgan fingerprint density at radius 3 is 2.79 bits per heavy atom. The molecule has 3 rings (SSSR count). The minimum atomic E-state index is -1.19. The fraction of sp³-hybridized carbons (Fsp3) is 0.167. The third-order valence-electron chi connectivity index (χ3n) is 2.99. The highest BCUT2D eigenvalue weighted by atomic mass is 19.1. The number of fused-ring (bicyclic) bond motifs is 1. The summed E-state index contributed by atoms with van der Waals surface area (Å²) in [6, 6.07) is 5.21. The van der Waals surface area contributed by atoms with Crippen molar-refractivity contribution in [2.24, 2.45) is 4.99 Å². The van der Waals surface area contributed by atoms with Crippen LogP contribution in [0, 0.1) is 5.82 Å². The lowest BCUT2D eigenvalue weighted by atomic mass is 10.2. The fourth-order valence-electron chi connectivity index (χ4n) is 1.98. The Balaban J connectivity index is 1.99. The zero-order valence-electron chi connectivity index (χ0n) is 10.1. The number of carbonyl (C=O) groups is 1. The summed E-state index contributed by atoms with van der Waals surface area (Å²) in [6.45, 7) is 0. The highest BCUT2D eigenvalue weighted by molar-refractivity contribution is 5.96. The molecule has 2 aliphatic heterocycles. The molecule has 0 fully saturated rings. The zero-order valence-corrected chi connectivity index (χ0v) is 10.1. The van der Waals surface area contributed by atoms with E-state index in [9.17, 15) is 9.18 Å². The number of aliphatic imine (C=N–C) groups is 1. The number of hydrogen-bond donors (Lipinski definition) is 2. The Morgan fingerprint density at radius 2 is 2.11 bits per heavy atom. The molecule has 19 heavy (non-hydrogen) atoms. The van der Waals surface area contributed by atoms with Crippen molar-refractivity contribution in [3.05, 3.63) is 42.0 Å². The number of hydrogen-bond acceptors (Lipinski definition) is 4. The third kappa shape index (κ3) is 1.75. The average Bonchev–Trinajstić information content (AvgIpc) is 2.82. The van der Waals surface area contributed by atoms with E-state index in [-0.39, 0.29) is 5.82 Å². The van der Waals surface area contributed by atoms with Gasteiger partial charge >= 0.3 is 6.03 Å². The number of ether oxygens (including phenoxy) is 1. The summed E-state index contributed by atoms with van der Waals surface area (Å²) in [5.74, 6) is -1.55. The Labute approximate surface area is 108 Å². The van der Waals surface area contributed by atoms with Crippen molar-refractivity contribution in [1.29, 1.82) is 0 Å². The van der Waals surface area contributed by atoms with Crippen LogP contribution in [-0.2, 0) is 4.74 Å². The monoisotopic (exact) mass is 262 g/mol. The van der Waals surface area contributed by atoms with Crippen molar-refractivity contribution in [2.75, 3.05) is 12.0 Å². The second kappa shape index (κ2) is 4.06. The Hall–Kier alpha value is -2.41. The molecular weight excluding hydrogens is 251 g/mol. The van der Waals surface area contributed by atoms with E-state index in [1.165, 1.54) is 42.6 Å². The standard InChI is InChI=1S/C12H11FN4O2/c1-19-12-10(14-7-15-12)6-17(11(18)16-12)9-4-2-8(13)3-5-9/h2-7H,1H3,(H,14,15)(H,16,18). The molecule has 2 heterocycles. The highest BCUT2D eigenvalue weighted by Gasteiger charge is 2.44. The van der Waals surface area contributed by atoms with Gasteiger partial charge in [0.05, 0.1) is 12.0 Å². The van der Waals surface area contributed by atoms with E-state index in [1.54, 1.807) is 6.20 Å². The molecule has 0 saturated heterocycles. The lowest BCUT2D eigenvalue weighted by Crippen LogP contribution is -2.57. The van der Waals surface area contributed by atoms with Gasteiger partial charge in [-0.05, 0) is 24.3 Å². The maximum absolute atomic E-state index is 12.9. The molecule has 1 aromatic rings. The number of urea groups is 1. The second-order valence-electron chi connectivity index (χ2n) is 4.07. The molecular formula is C12H11FN4O2. The van der Waals surface area contributed by atoms with Crippen LogP contribution in [0.5, 0.6) is 0 Å². The van der Waals surface area contributed by atoms with Gasteiger partial charge in [-0.3, -0.25) is 10.2 Å². The topological polar surface area (TPSA) is 66.0 Å². The van der Waals surface area contributed by atoms with Crippen molar-refractivity contribution in [3.63, 3.8) is 0 Å². The molecule has 7 heteroatoms. The van der Waals surface area contributed by atoms with Crippen LogP contribution in [0.2, 0.25) is 0 Å². The van der Waals surface area contributed by atoms with Crippen molar-refractivity contribution < 1.29 is 13.9 Å². The van der Waals surface area contributed by atoms with Crippen molar-refractivity contribution in [2.45, 2.75) is 5.85 Å². The first-order valence-corrected chi connectivity index (χ1v) is 5.59. The number of methoxy groups -OCH3 is 1. The zero-order chi connectivity index (χ0) is 13.5. The van der Waals surface area contributed by atoms with E-state index in [2.05, 4.69) is 15.6 Å². The first-order chi connectivity index (χ1) is 9.14. The molecule has 0 bridgehead atoms. The van der Waals surface area contributed by atoms with Gasteiger partial charge < -0.3 is 10.1 Å². The van der Waals surface area contributed by atoms with Gasteiger partial charge in [-0.2, -0.15) is 0 Å². The number of amides is 2. The van der Waals surface area contributed by atoms with Gasteiger partial charge in [-0.15, -0.1) is 0 Å². The molecule has 0 saturated carbocycles. The minimum absolute atomic E-state index is 0.359. The van der Waals surface area contributed by atoms with Crippen LogP contribution < -0.4 is 15.5 Å². The van der Waals surface area contributed by atoms with E-state index < -0.39 is 11.9 Å². The van der Waals surface area contributed by atoms with Gasteiger partial charge in [0, 0.05) is 13.3 Å². The average molecular weight is 262 g/mol. The molecule has 2 aliphatic rings.